The van der Waals surface area contributed by atoms with E-state index in [4.69, 9.17) is 0 Å². The number of piperazine rings is 1. The van der Waals surface area contributed by atoms with Crippen molar-refractivity contribution in [2.75, 3.05) is 32.7 Å². The van der Waals surface area contributed by atoms with Gasteiger partial charge in [0.25, 0.3) is 11.8 Å². The Hall–Kier alpha value is -2.87. The number of alkyl halides is 3. The Balaban J connectivity index is 1.61. The molecule has 0 N–H and O–H groups in total. The van der Waals surface area contributed by atoms with Gasteiger partial charge >= 0.3 is 6.18 Å². The van der Waals surface area contributed by atoms with Gasteiger partial charge in [0.1, 0.15) is 0 Å². The molecule has 0 atom stereocenters. The standard InChI is InChI=1S/C25H30F3N3O2/c1-4-29(18(2)3)17-19-9-11-20(12-10-19)23(32)30-13-15-31(16-14-30)24(33)21-7-5-6-8-22(21)25(26,27)28/h5-12,18H,4,13-17H2,1-3H3. The van der Waals surface area contributed by atoms with Crippen LogP contribution in [-0.4, -0.2) is 65.3 Å². The molecule has 0 aliphatic carbocycles. The third kappa shape index (κ3) is 5.93. The van der Waals surface area contributed by atoms with E-state index in [0.717, 1.165) is 24.7 Å². The Morgan fingerprint density at radius 1 is 0.909 bits per heavy atom. The molecule has 5 nitrogen and oxygen atoms in total. The van der Waals surface area contributed by atoms with Crippen LogP contribution < -0.4 is 0 Å². The molecule has 1 aliphatic heterocycles. The molecular weight excluding hydrogens is 431 g/mol. The van der Waals surface area contributed by atoms with Gasteiger partial charge in [0.2, 0.25) is 0 Å². The first kappa shape index (κ1) is 24.8. The summed E-state index contributed by atoms with van der Waals surface area (Å²) in [4.78, 5) is 31.0. The quantitative estimate of drug-likeness (QED) is 0.635. The van der Waals surface area contributed by atoms with Crippen molar-refractivity contribution in [3.63, 3.8) is 0 Å². The number of amides is 2. The fourth-order valence-corrected chi connectivity index (χ4v) is 4.03. The molecule has 8 heteroatoms. The van der Waals surface area contributed by atoms with E-state index in [1.54, 1.807) is 4.90 Å². The van der Waals surface area contributed by atoms with Gasteiger partial charge in [-0.3, -0.25) is 14.5 Å². The minimum atomic E-state index is -4.60. The smallest absolute Gasteiger partial charge is 0.335 e. The molecule has 0 aromatic heterocycles. The Morgan fingerprint density at radius 3 is 1.97 bits per heavy atom. The maximum absolute atomic E-state index is 13.3. The van der Waals surface area contributed by atoms with Gasteiger partial charge in [0, 0.05) is 44.3 Å². The van der Waals surface area contributed by atoms with Gasteiger partial charge in [-0.05, 0) is 50.2 Å². The first-order valence-electron chi connectivity index (χ1n) is 11.2. The van der Waals surface area contributed by atoms with E-state index in [9.17, 15) is 22.8 Å². The lowest BCUT2D eigenvalue weighted by atomic mass is 10.1. The Morgan fingerprint density at radius 2 is 1.45 bits per heavy atom. The van der Waals surface area contributed by atoms with Gasteiger partial charge in [-0.1, -0.05) is 31.2 Å². The molecular formula is C25H30F3N3O2. The molecule has 0 unspecified atom stereocenters. The van der Waals surface area contributed by atoms with Crippen LogP contribution in [0, 0.1) is 0 Å². The molecule has 0 spiro atoms. The zero-order valence-corrected chi connectivity index (χ0v) is 19.2. The molecule has 0 bridgehead atoms. The molecule has 1 aliphatic rings. The summed E-state index contributed by atoms with van der Waals surface area (Å²) >= 11 is 0. The third-order valence-electron chi connectivity index (χ3n) is 6.04. The van der Waals surface area contributed by atoms with Crippen LogP contribution in [0.5, 0.6) is 0 Å². The second-order valence-electron chi connectivity index (χ2n) is 8.48. The summed E-state index contributed by atoms with van der Waals surface area (Å²) in [7, 11) is 0. The Bertz CT molecular complexity index is 966. The Kier molecular flexibility index (Phi) is 7.79. The predicted octanol–water partition coefficient (Wildman–Crippen LogP) is 4.53. The van der Waals surface area contributed by atoms with Crippen molar-refractivity contribution in [1.29, 1.82) is 0 Å². The summed E-state index contributed by atoms with van der Waals surface area (Å²) in [5.41, 5.74) is 0.393. The molecule has 178 valence electrons. The van der Waals surface area contributed by atoms with E-state index < -0.39 is 17.6 Å². The summed E-state index contributed by atoms with van der Waals surface area (Å²) < 4.78 is 39.8. The number of hydrogen-bond acceptors (Lipinski definition) is 3. The highest BCUT2D eigenvalue weighted by Gasteiger charge is 2.36. The topological polar surface area (TPSA) is 43.9 Å². The van der Waals surface area contributed by atoms with Crippen molar-refractivity contribution in [3.8, 4) is 0 Å². The van der Waals surface area contributed by atoms with Crippen LogP contribution in [0.3, 0.4) is 0 Å². The summed E-state index contributed by atoms with van der Waals surface area (Å²) in [5, 5.41) is 0. The van der Waals surface area contributed by atoms with E-state index in [2.05, 4.69) is 25.7 Å². The minimum Gasteiger partial charge on any atom is -0.335 e. The van der Waals surface area contributed by atoms with Gasteiger partial charge in [-0.15, -0.1) is 0 Å². The lowest BCUT2D eigenvalue weighted by Gasteiger charge is -2.35. The van der Waals surface area contributed by atoms with E-state index in [1.807, 2.05) is 24.3 Å². The number of hydrogen-bond donors (Lipinski definition) is 0. The molecule has 2 amide bonds. The molecule has 3 rings (SSSR count). The van der Waals surface area contributed by atoms with Gasteiger partial charge in [0.05, 0.1) is 11.1 Å². The number of carbonyl (C=O) groups is 2. The Labute approximate surface area is 192 Å². The molecule has 0 saturated carbocycles. The summed E-state index contributed by atoms with van der Waals surface area (Å²) in [6.45, 7) is 9.08. The fraction of sp³-hybridized carbons (Fsp3) is 0.440. The monoisotopic (exact) mass is 461 g/mol. The third-order valence-corrected chi connectivity index (χ3v) is 6.04. The number of benzene rings is 2. The van der Waals surface area contributed by atoms with E-state index in [1.165, 1.54) is 23.1 Å². The highest BCUT2D eigenvalue weighted by atomic mass is 19.4. The highest BCUT2D eigenvalue weighted by Crippen LogP contribution is 2.32. The predicted molar refractivity (Wildman–Crippen MR) is 121 cm³/mol. The average Bonchev–Trinajstić information content (AvgIpc) is 2.81. The second kappa shape index (κ2) is 10.4. The molecule has 2 aromatic rings. The zero-order valence-electron chi connectivity index (χ0n) is 19.2. The lowest BCUT2D eigenvalue weighted by molar-refractivity contribution is -0.138. The molecule has 2 aromatic carbocycles. The molecule has 1 saturated heterocycles. The number of nitrogens with zero attached hydrogens (tertiary/aromatic N) is 3. The SMILES string of the molecule is CCN(Cc1ccc(C(=O)N2CCN(C(=O)c3ccccc3C(F)(F)F)CC2)cc1)C(C)C. The van der Waals surface area contributed by atoms with E-state index >= 15 is 0 Å². The van der Waals surface area contributed by atoms with E-state index in [-0.39, 0.29) is 37.6 Å². The first-order chi connectivity index (χ1) is 15.6. The van der Waals surface area contributed by atoms with Crippen molar-refractivity contribution in [3.05, 3.63) is 70.8 Å². The normalized spacial score (nSPS) is 14.8. The molecule has 0 radical (unpaired) electrons. The highest BCUT2D eigenvalue weighted by molar-refractivity contribution is 5.97. The van der Waals surface area contributed by atoms with Crippen LogP contribution in [0.1, 0.15) is 52.6 Å². The number of rotatable bonds is 6. The van der Waals surface area contributed by atoms with Gasteiger partial charge in [-0.25, -0.2) is 0 Å². The molecule has 1 fully saturated rings. The van der Waals surface area contributed by atoms with Crippen molar-refractivity contribution in [1.82, 2.24) is 14.7 Å². The van der Waals surface area contributed by atoms with Crippen molar-refractivity contribution in [2.45, 2.75) is 39.5 Å². The minimum absolute atomic E-state index is 0.138. The number of halogens is 3. The zero-order chi connectivity index (χ0) is 24.2. The van der Waals surface area contributed by atoms with E-state index in [0.29, 0.717) is 11.6 Å². The van der Waals surface area contributed by atoms with Gasteiger partial charge in [-0.2, -0.15) is 13.2 Å². The summed E-state index contributed by atoms with van der Waals surface area (Å²) in [5.74, 6) is -0.800. The van der Waals surface area contributed by atoms with Gasteiger partial charge in [0.15, 0.2) is 0 Å². The molecule has 33 heavy (non-hydrogen) atoms. The summed E-state index contributed by atoms with van der Waals surface area (Å²) in [6, 6.07) is 12.8. The van der Waals surface area contributed by atoms with Crippen LogP contribution in [0.4, 0.5) is 13.2 Å². The van der Waals surface area contributed by atoms with Crippen LogP contribution in [-0.2, 0) is 12.7 Å². The van der Waals surface area contributed by atoms with Crippen molar-refractivity contribution < 1.29 is 22.8 Å². The van der Waals surface area contributed by atoms with Gasteiger partial charge < -0.3 is 9.80 Å². The van der Waals surface area contributed by atoms with Crippen molar-refractivity contribution >= 4 is 11.8 Å². The van der Waals surface area contributed by atoms with Crippen LogP contribution in [0.15, 0.2) is 48.5 Å². The van der Waals surface area contributed by atoms with Crippen LogP contribution in [0.2, 0.25) is 0 Å². The lowest BCUT2D eigenvalue weighted by Crippen LogP contribution is -2.50. The largest absolute Gasteiger partial charge is 0.417 e. The summed E-state index contributed by atoms with van der Waals surface area (Å²) in [6.07, 6.45) is -4.60. The molecule has 1 heterocycles. The van der Waals surface area contributed by atoms with Crippen LogP contribution >= 0.6 is 0 Å². The fourth-order valence-electron chi connectivity index (χ4n) is 4.03. The maximum atomic E-state index is 13.3. The number of carbonyl (C=O) groups excluding carboxylic acids is 2. The first-order valence-corrected chi connectivity index (χ1v) is 11.2. The maximum Gasteiger partial charge on any atom is 0.417 e. The van der Waals surface area contributed by atoms with Crippen molar-refractivity contribution in [2.24, 2.45) is 0 Å². The van der Waals surface area contributed by atoms with Crippen LogP contribution in [0.25, 0.3) is 0 Å². The average molecular weight is 462 g/mol. The second-order valence-corrected chi connectivity index (χ2v) is 8.48.